The first-order valence-corrected chi connectivity index (χ1v) is 10.1. The molecule has 0 unspecified atom stereocenters. The van der Waals surface area contributed by atoms with E-state index in [1.165, 1.54) is 19.2 Å². The second-order valence-corrected chi connectivity index (χ2v) is 8.21. The number of aliphatic hydroxyl groups is 1. The van der Waals surface area contributed by atoms with Crippen LogP contribution in [0.3, 0.4) is 0 Å². The molecule has 0 spiro atoms. The number of benzene rings is 2. The van der Waals surface area contributed by atoms with E-state index in [1.54, 1.807) is 24.3 Å². The quantitative estimate of drug-likeness (QED) is 0.756. The molecule has 2 aromatic rings. The van der Waals surface area contributed by atoms with E-state index in [9.17, 15) is 18.7 Å². The number of ether oxygens (including phenoxy) is 2. The van der Waals surface area contributed by atoms with E-state index < -0.39 is 23.7 Å². The van der Waals surface area contributed by atoms with E-state index >= 15 is 0 Å². The minimum absolute atomic E-state index is 0.319. The van der Waals surface area contributed by atoms with Crippen LogP contribution in [0.25, 0.3) is 0 Å². The maximum absolute atomic E-state index is 13.5. The monoisotopic (exact) mass is 417 g/mol. The molecule has 2 aromatic carbocycles. The van der Waals surface area contributed by atoms with Gasteiger partial charge in [-0.3, -0.25) is 4.90 Å². The van der Waals surface area contributed by atoms with Gasteiger partial charge in [-0.2, -0.15) is 0 Å². The van der Waals surface area contributed by atoms with Gasteiger partial charge in [0.2, 0.25) is 0 Å². The van der Waals surface area contributed by atoms with E-state index in [1.807, 2.05) is 0 Å². The molecule has 1 aliphatic heterocycles. The molecule has 4 rings (SSSR count). The third-order valence-electron chi connectivity index (χ3n) is 6.03. The normalized spacial score (nSPS) is 26.3. The van der Waals surface area contributed by atoms with Crippen LogP contribution in [0.5, 0.6) is 5.75 Å². The maximum atomic E-state index is 13.5. The highest BCUT2D eigenvalue weighted by Gasteiger charge is 2.42. The minimum atomic E-state index is -0.611. The van der Waals surface area contributed by atoms with E-state index in [2.05, 4.69) is 4.90 Å². The van der Waals surface area contributed by atoms with Gasteiger partial charge in [-0.25, -0.2) is 13.6 Å². The van der Waals surface area contributed by atoms with Gasteiger partial charge in [-0.1, -0.05) is 6.07 Å². The highest BCUT2D eigenvalue weighted by molar-refractivity contribution is 5.89. The number of nitrogens with zero attached hydrogens (tertiary/aromatic N) is 1. The van der Waals surface area contributed by atoms with E-state index in [0.29, 0.717) is 48.1 Å². The second kappa shape index (κ2) is 8.70. The average Bonchev–Trinajstić information content (AvgIpc) is 3.07. The van der Waals surface area contributed by atoms with Gasteiger partial charge in [-0.05, 0) is 60.6 Å². The SMILES string of the molecule is COC(=O)c1cccc(O[C@@H]2C[C@@H]3CN(Cc4cc(F)cc(F)c4)C[C@@H]3C[C@H]2O)c1. The number of fused-ring (bicyclic) bond motifs is 1. The number of carbonyl (C=O) groups excluding carboxylic acids is 1. The van der Waals surface area contributed by atoms with Gasteiger partial charge in [0, 0.05) is 25.7 Å². The van der Waals surface area contributed by atoms with Gasteiger partial charge in [-0.15, -0.1) is 0 Å². The molecule has 160 valence electrons. The van der Waals surface area contributed by atoms with Gasteiger partial charge in [0.25, 0.3) is 0 Å². The molecule has 2 aliphatic rings. The summed E-state index contributed by atoms with van der Waals surface area (Å²) >= 11 is 0. The lowest BCUT2D eigenvalue weighted by atomic mass is 9.78. The number of esters is 1. The lowest BCUT2D eigenvalue weighted by molar-refractivity contribution is -0.0231. The number of hydrogen-bond acceptors (Lipinski definition) is 5. The van der Waals surface area contributed by atoms with E-state index in [-0.39, 0.29) is 6.10 Å². The molecule has 1 saturated carbocycles. The van der Waals surface area contributed by atoms with Crippen LogP contribution < -0.4 is 4.74 Å². The van der Waals surface area contributed by atoms with Crippen molar-refractivity contribution < 1.29 is 28.2 Å². The Morgan fingerprint density at radius 2 is 1.80 bits per heavy atom. The van der Waals surface area contributed by atoms with Crippen LogP contribution in [0.1, 0.15) is 28.8 Å². The standard InChI is InChI=1S/C23H25F2NO4/c1-29-23(28)15-3-2-4-20(7-15)30-22-9-17-13-26(12-16(17)8-21(22)27)11-14-5-18(24)10-19(25)6-14/h2-7,10,16-17,21-22,27H,8-9,11-13H2,1H3/t16-,17+,21+,22+/m0/s1. The van der Waals surface area contributed by atoms with Crippen LogP contribution in [0.15, 0.2) is 42.5 Å². The number of halogens is 2. The van der Waals surface area contributed by atoms with Crippen molar-refractivity contribution in [3.63, 3.8) is 0 Å². The third-order valence-corrected chi connectivity index (χ3v) is 6.03. The van der Waals surface area contributed by atoms with Crippen molar-refractivity contribution in [2.45, 2.75) is 31.6 Å². The maximum Gasteiger partial charge on any atom is 0.337 e. The number of rotatable bonds is 5. The van der Waals surface area contributed by atoms with Crippen molar-refractivity contribution in [2.75, 3.05) is 20.2 Å². The van der Waals surface area contributed by atoms with Crippen LogP contribution in [0.4, 0.5) is 8.78 Å². The molecule has 1 saturated heterocycles. The Kier molecular flexibility index (Phi) is 6.01. The number of methoxy groups -OCH3 is 1. The smallest absolute Gasteiger partial charge is 0.337 e. The summed E-state index contributed by atoms with van der Waals surface area (Å²) < 4.78 is 37.7. The first kappa shape index (κ1) is 20.8. The molecule has 0 aromatic heterocycles. The first-order chi connectivity index (χ1) is 14.4. The Bertz CT molecular complexity index is 902. The Balaban J connectivity index is 1.39. The van der Waals surface area contributed by atoms with Gasteiger partial charge in [0.05, 0.1) is 18.8 Å². The summed E-state index contributed by atoms with van der Waals surface area (Å²) in [5, 5.41) is 10.6. The highest BCUT2D eigenvalue weighted by atomic mass is 19.1. The summed E-state index contributed by atoms with van der Waals surface area (Å²) in [7, 11) is 1.32. The second-order valence-electron chi connectivity index (χ2n) is 8.21. The fourth-order valence-electron chi connectivity index (χ4n) is 4.69. The summed E-state index contributed by atoms with van der Waals surface area (Å²) in [6.45, 7) is 2.05. The minimum Gasteiger partial charge on any atom is -0.488 e. The zero-order valence-corrected chi connectivity index (χ0v) is 16.8. The molecule has 7 heteroatoms. The summed E-state index contributed by atoms with van der Waals surface area (Å²) in [5.41, 5.74) is 1.01. The fraction of sp³-hybridized carbons (Fsp3) is 0.435. The van der Waals surface area contributed by atoms with E-state index in [4.69, 9.17) is 9.47 Å². The lowest BCUT2D eigenvalue weighted by Crippen LogP contribution is -2.42. The molecule has 2 fully saturated rings. The molecule has 0 bridgehead atoms. The van der Waals surface area contributed by atoms with Gasteiger partial charge in [0.1, 0.15) is 23.5 Å². The van der Waals surface area contributed by atoms with Crippen molar-refractivity contribution in [3.05, 3.63) is 65.2 Å². The molecular weight excluding hydrogens is 392 g/mol. The number of likely N-dealkylation sites (tertiary alicyclic amines) is 1. The first-order valence-electron chi connectivity index (χ1n) is 10.1. The van der Waals surface area contributed by atoms with Crippen molar-refractivity contribution >= 4 is 5.97 Å². The fourth-order valence-corrected chi connectivity index (χ4v) is 4.69. The number of aliphatic hydroxyl groups excluding tert-OH is 1. The Hall–Kier alpha value is -2.51. The summed E-state index contributed by atoms with van der Waals surface area (Å²) in [6.07, 6.45) is 0.313. The molecule has 0 radical (unpaired) electrons. The summed E-state index contributed by atoms with van der Waals surface area (Å²) in [4.78, 5) is 13.9. The Morgan fingerprint density at radius 3 is 2.50 bits per heavy atom. The van der Waals surface area contributed by atoms with E-state index in [0.717, 1.165) is 19.2 Å². The molecular formula is C23H25F2NO4. The number of carbonyl (C=O) groups is 1. The molecule has 30 heavy (non-hydrogen) atoms. The largest absolute Gasteiger partial charge is 0.488 e. The Morgan fingerprint density at radius 1 is 1.10 bits per heavy atom. The molecule has 0 amide bonds. The summed E-state index contributed by atoms with van der Waals surface area (Å²) in [6, 6.07) is 10.3. The average molecular weight is 417 g/mol. The Labute approximate surface area is 174 Å². The zero-order chi connectivity index (χ0) is 21.3. The molecule has 4 atom stereocenters. The molecule has 1 aliphatic carbocycles. The highest BCUT2D eigenvalue weighted by Crippen LogP contribution is 2.38. The molecule has 1 N–H and O–H groups in total. The van der Waals surface area contributed by atoms with Crippen LogP contribution in [0, 0.1) is 23.5 Å². The lowest BCUT2D eigenvalue weighted by Gasteiger charge is -2.35. The van der Waals surface area contributed by atoms with Crippen LogP contribution in [0.2, 0.25) is 0 Å². The van der Waals surface area contributed by atoms with Gasteiger partial charge in [0.15, 0.2) is 0 Å². The molecule has 1 heterocycles. The van der Waals surface area contributed by atoms with Crippen molar-refractivity contribution in [2.24, 2.45) is 11.8 Å². The van der Waals surface area contributed by atoms with Gasteiger partial charge < -0.3 is 14.6 Å². The van der Waals surface area contributed by atoms with Crippen LogP contribution in [-0.2, 0) is 11.3 Å². The molecule has 5 nitrogen and oxygen atoms in total. The predicted molar refractivity (Wildman–Crippen MR) is 106 cm³/mol. The summed E-state index contributed by atoms with van der Waals surface area (Å²) in [5.74, 6) is -0.407. The zero-order valence-electron chi connectivity index (χ0n) is 16.8. The topological polar surface area (TPSA) is 59.0 Å². The van der Waals surface area contributed by atoms with Crippen LogP contribution >= 0.6 is 0 Å². The van der Waals surface area contributed by atoms with Crippen LogP contribution in [-0.4, -0.2) is 48.4 Å². The van der Waals surface area contributed by atoms with Crippen molar-refractivity contribution in [1.82, 2.24) is 4.90 Å². The van der Waals surface area contributed by atoms with Crippen molar-refractivity contribution in [3.8, 4) is 5.75 Å². The number of hydrogen-bond donors (Lipinski definition) is 1. The van der Waals surface area contributed by atoms with Gasteiger partial charge >= 0.3 is 5.97 Å². The van der Waals surface area contributed by atoms with Crippen molar-refractivity contribution in [1.29, 1.82) is 0 Å². The predicted octanol–water partition coefficient (Wildman–Crippen LogP) is 3.40. The third kappa shape index (κ3) is 4.63.